The minimum atomic E-state index is -1.13. The molecule has 1 aliphatic heterocycles. The zero-order valence-corrected chi connectivity index (χ0v) is 13.7. The van der Waals surface area contributed by atoms with Gasteiger partial charge in [0.15, 0.2) is 0 Å². The van der Waals surface area contributed by atoms with Crippen molar-refractivity contribution in [1.29, 1.82) is 0 Å². The number of imidazole rings is 1. The van der Waals surface area contributed by atoms with Crippen molar-refractivity contribution in [3.05, 3.63) is 48.3 Å². The minimum Gasteiger partial charge on any atom is -0.490 e. The minimum absolute atomic E-state index is 0.0791. The molecule has 0 amide bonds. The highest BCUT2D eigenvalue weighted by Crippen LogP contribution is 2.18. The molecular weight excluding hydrogens is 313 g/mol. The van der Waals surface area contributed by atoms with Crippen LogP contribution in [-0.4, -0.2) is 58.1 Å². The van der Waals surface area contributed by atoms with Gasteiger partial charge in [0.2, 0.25) is 0 Å². The van der Waals surface area contributed by atoms with Crippen LogP contribution in [0.15, 0.2) is 36.7 Å². The summed E-state index contributed by atoms with van der Waals surface area (Å²) >= 11 is 0. The van der Waals surface area contributed by atoms with E-state index in [0.29, 0.717) is 32.0 Å². The summed E-state index contributed by atoms with van der Waals surface area (Å²) in [7, 11) is 1.94. The van der Waals surface area contributed by atoms with Crippen LogP contribution in [0.4, 0.5) is 4.39 Å². The van der Waals surface area contributed by atoms with E-state index in [2.05, 4.69) is 9.88 Å². The van der Waals surface area contributed by atoms with E-state index in [1.165, 1.54) is 12.1 Å². The third-order valence-electron chi connectivity index (χ3n) is 4.05. The molecule has 1 aromatic heterocycles. The Bertz CT molecular complexity index is 661. The van der Waals surface area contributed by atoms with Crippen molar-refractivity contribution in [3.63, 3.8) is 0 Å². The molecule has 2 heterocycles. The Balaban J connectivity index is 1.62. The second-order valence-electron chi connectivity index (χ2n) is 6.18. The van der Waals surface area contributed by atoms with E-state index in [4.69, 9.17) is 9.47 Å². The maximum Gasteiger partial charge on any atom is 0.134 e. The number of halogens is 1. The van der Waals surface area contributed by atoms with Crippen LogP contribution in [0.25, 0.3) is 0 Å². The molecule has 0 aliphatic carbocycles. The molecule has 130 valence electrons. The standard InChI is InChI=1S/C17H22FN3O3/c1-20-7-6-19-16(20)10-21-8-9-23-12-17(22,11-21)13-24-15-4-2-14(18)3-5-15/h2-7,22H,8-13H2,1H3/t17-/m0/s1. The molecule has 1 fully saturated rings. The van der Waals surface area contributed by atoms with Crippen molar-refractivity contribution >= 4 is 0 Å². The Morgan fingerprint density at radius 3 is 2.88 bits per heavy atom. The first-order valence-corrected chi connectivity index (χ1v) is 7.91. The van der Waals surface area contributed by atoms with Gasteiger partial charge in [-0.15, -0.1) is 0 Å². The highest BCUT2D eigenvalue weighted by atomic mass is 19.1. The highest BCUT2D eigenvalue weighted by molar-refractivity contribution is 5.22. The van der Waals surface area contributed by atoms with E-state index >= 15 is 0 Å². The number of hydrogen-bond acceptors (Lipinski definition) is 5. The molecule has 1 N–H and O–H groups in total. The summed E-state index contributed by atoms with van der Waals surface area (Å²) in [5.41, 5.74) is -1.13. The highest BCUT2D eigenvalue weighted by Gasteiger charge is 2.34. The van der Waals surface area contributed by atoms with E-state index in [1.54, 1.807) is 18.3 Å². The molecular formula is C17H22FN3O3. The molecule has 0 bridgehead atoms. The lowest BCUT2D eigenvalue weighted by Gasteiger charge is -2.30. The number of ether oxygens (including phenoxy) is 2. The second kappa shape index (κ2) is 7.29. The molecule has 0 spiro atoms. The number of rotatable bonds is 5. The largest absolute Gasteiger partial charge is 0.490 e. The van der Waals surface area contributed by atoms with Gasteiger partial charge >= 0.3 is 0 Å². The van der Waals surface area contributed by atoms with E-state index in [1.807, 2.05) is 17.8 Å². The van der Waals surface area contributed by atoms with Crippen molar-refractivity contribution in [1.82, 2.24) is 14.5 Å². The lowest BCUT2D eigenvalue weighted by atomic mass is 10.1. The van der Waals surface area contributed by atoms with Gasteiger partial charge in [0.1, 0.15) is 29.6 Å². The van der Waals surface area contributed by atoms with Crippen molar-refractivity contribution in [3.8, 4) is 5.75 Å². The van der Waals surface area contributed by atoms with E-state index in [0.717, 1.165) is 5.82 Å². The van der Waals surface area contributed by atoms with Gasteiger partial charge in [-0.25, -0.2) is 9.37 Å². The Labute approximate surface area is 140 Å². The van der Waals surface area contributed by atoms with Gasteiger partial charge < -0.3 is 19.1 Å². The maximum absolute atomic E-state index is 12.9. The molecule has 1 saturated heterocycles. The van der Waals surface area contributed by atoms with Crippen LogP contribution >= 0.6 is 0 Å². The van der Waals surface area contributed by atoms with Crippen molar-refractivity contribution in [2.75, 3.05) is 32.9 Å². The number of benzene rings is 1. The summed E-state index contributed by atoms with van der Waals surface area (Å²) < 4.78 is 26.1. The number of nitrogens with zero attached hydrogens (tertiary/aromatic N) is 3. The third kappa shape index (κ3) is 4.31. The summed E-state index contributed by atoms with van der Waals surface area (Å²) in [5, 5.41) is 10.8. The van der Waals surface area contributed by atoms with Gasteiger partial charge in [0.25, 0.3) is 0 Å². The van der Waals surface area contributed by atoms with E-state index in [9.17, 15) is 9.50 Å². The van der Waals surface area contributed by atoms with Gasteiger partial charge in [0.05, 0.1) is 19.8 Å². The molecule has 1 atom stereocenters. The smallest absolute Gasteiger partial charge is 0.134 e. The van der Waals surface area contributed by atoms with Crippen LogP contribution in [0.2, 0.25) is 0 Å². The summed E-state index contributed by atoms with van der Waals surface area (Å²) in [4.78, 5) is 6.42. The third-order valence-corrected chi connectivity index (χ3v) is 4.05. The topological polar surface area (TPSA) is 59.8 Å². The predicted octanol–water partition coefficient (Wildman–Crippen LogP) is 1.20. The molecule has 0 saturated carbocycles. The number of hydrogen-bond donors (Lipinski definition) is 1. The lowest BCUT2D eigenvalue weighted by molar-refractivity contribution is -0.0648. The van der Waals surface area contributed by atoms with Gasteiger partial charge in [-0.1, -0.05) is 0 Å². The van der Waals surface area contributed by atoms with Crippen LogP contribution in [-0.2, 0) is 18.3 Å². The molecule has 2 aromatic rings. The number of β-amino-alcohol motifs (C(OH)–C–C–N with tert-alkyl or cyclic N) is 1. The molecule has 3 rings (SSSR count). The first-order valence-electron chi connectivity index (χ1n) is 7.91. The zero-order chi connectivity index (χ0) is 17.0. The van der Waals surface area contributed by atoms with Crippen LogP contribution in [0.5, 0.6) is 5.75 Å². The molecule has 1 aliphatic rings. The fraction of sp³-hybridized carbons (Fsp3) is 0.471. The molecule has 6 nitrogen and oxygen atoms in total. The fourth-order valence-electron chi connectivity index (χ4n) is 2.72. The Morgan fingerprint density at radius 2 is 2.17 bits per heavy atom. The van der Waals surface area contributed by atoms with Gasteiger partial charge in [-0.05, 0) is 24.3 Å². The Morgan fingerprint density at radius 1 is 1.38 bits per heavy atom. The van der Waals surface area contributed by atoms with E-state index < -0.39 is 5.60 Å². The quantitative estimate of drug-likeness (QED) is 0.890. The molecule has 1 aromatic carbocycles. The zero-order valence-electron chi connectivity index (χ0n) is 13.7. The van der Waals surface area contributed by atoms with Crippen LogP contribution < -0.4 is 4.74 Å². The number of aromatic nitrogens is 2. The molecule has 0 radical (unpaired) electrons. The van der Waals surface area contributed by atoms with Crippen LogP contribution in [0, 0.1) is 5.82 Å². The average molecular weight is 335 g/mol. The van der Waals surface area contributed by atoms with Crippen molar-refractivity contribution in [2.24, 2.45) is 7.05 Å². The predicted molar refractivity (Wildman–Crippen MR) is 86.1 cm³/mol. The van der Waals surface area contributed by atoms with Crippen molar-refractivity contribution < 1.29 is 19.0 Å². The summed E-state index contributed by atoms with van der Waals surface area (Å²) in [6.07, 6.45) is 3.65. The van der Waals surface area contributed by atoms with Gasteiger partial charge in [0, 0.05) is 32.5 Å². The summed E-state index contributed by atoms with van der Waals surface area (Å²) in [5.74, 6) is 1.13. The fourth-order valence-corrected chi connectivity index (χ4v) is 2.72. The number of aliphatic hydroxyl groups is 1. The average Bonchev–Trinajstić information content (AvgIpc) is 2.86. The SMILES string of the molecule is Cn1ccnc1CN1CCOC[C@](O)(COc2ccc(F)cc2)C1. The Hall–Kier alpha value is -1.96. The first kappa shape index (κ1) is 16.9. The lowest BCUT2D eigenvalue weighted by Crippen LogP contribution is -2.48. The van der Waals surface area contributed by atoms with Crippen LogP contribution in [0.3, 0.4) is 0 Å². The second-order valence-corrected chi connectivity index (χ2v) is 6.18. The number of aryl methyl sites for hydroxylation is 1. The van der Waals surface area contributed by atoms with E-state index in [-0.39, 0.29) is 19.0 Å². The van der Waals surface area contributed by atoms with Crippen LogP contribution in [0.1, 0.15) is 5.82 Å². The van der Waals surface area contributed by atoms with Gasteiger partial charge in [-0.2, -0.15) is 0 Å². The van der Waals surface area contributed by atoms with Crippen molar-refractivity contribution in [2.45, 2.75) is 12.1 Å². The normalized spacial score (nSPS) is 22.3. The summed E-state index contributed by atoms with van der Waals surface area (Å²) in [6.45, 7) is 2.59. The maximum atomic E-state index is 12.9. The Kier molecular flexibility index (Phi) is 5.13. The molecule has 7 heteroatoms. The molecule has 0 unspecified atom stereocenters. The summed E-state index contributed by atoms with van der Waals surface area (Å²) in [6, 6.07) is 5.75. The monoisotopic (exact) mass is 335 g/mol. The van der Waals surface area contributed by atoms with Gasteiger partial charge in [-0.3, -0.25) is 4.90 Å². The first-order chi connectivity index (χ1) is 11.5. The molecule has 24 heavy (non-hydrogen) atoms.